The maximum atomic E-state index is 12.8. The molecule has 1 fully saturated rings. The van der Waals surface area contributed by atoms with Crippen molar-refractivity contribution in [3.05, 3.63) is 89.6 Å². The van der Waals surface area contributed by atoms with Crippen molar-refractivity contribution < 1.29 is 9.59 Å². The zero-order valence-electron chi connectivity index (χ0n) is 17.5. The number of aromatic nitrogens is 1. The predicted molar refractivity (Wildman–Crippen MR) is 122 cm³/mol. The number of carbonyl (C=O) groups is 2. The van der Waals surface area contributed by atoms with Crippen molar-refractivity contribution >= 4 is 11.8 Å². The van der Waals surface area contributed by atoms with Crippen LogP contribution in [0.2, 0.25) is 0 Å². The molecule has 2 aromatic carbocycles. The number of aryl methyl sites for hydroxylation is 1. The van der Waals surface area contributed by atoms with Crippen LogP contribution in [0.25, 0.3) is 11.3 Å². The largest absolute Gasteiger partial charge is 0.366 e. The third kappa shape index (κ3) is 5.18. The zero-order valence-corrected chi connectivity index (χ0v) is 17.5. The second-order valence-corrected chi connectivity index (χ2v) is 8.06. The highest BCUT2D eigenvalue weighted by molar-refractivity contribution is 5.94. The Bertz CT molecular complexity index is 1070. The molecular weight excluding hydrogens is 386 g/mol. The number of benzene rings is 2. The number of primary amides is 1. The van der Waals surface area contributed by atoms with Gasteiger partial charge in [0.05, 0.1) is 5.69 Å². The van der Waals surface area contributed by atoms with Gasteiger partial charge in [0.2, 0.25) is 11.8 Å². The molecule has 1 aliphatic rings. The van der Waals surface area contributed by atoms with E-state index in [0.29, 0.717) is 18.5 Å². The quantitative estimate of drug-likeness (QED) is 0.658. The van der Waals surface area contributed by atoms with Gasteiger partial charge in [-0.3, -0.25) is 14.6 Å². The van der Waals surface area contributed by atoms with E-state index in [2.05, 4.69) is 12.1 Å². The molecule has 2 heterocycles. The summed E-state index contributed by atoms with van der Waals surface area (Å²) in [5, 5.41) is 0. The van der Waals surface area contributed by atoms with Crippen LogP contribution in [0.5, 0.6) is 0 Å². The Morgan fingerprint density at radius 2 is 1.81 bits per heavy atom. The average Bonchev–Trinajstić information content (AvgIpc) is 2.83. The van der Waals surface area contributed by atoms with Crippen molar-refractivity contribution in [2.45, 2.75) is 31.6 Å². The second-order valence-electron chi connectivity index (χ2n) is 8.06. The highest BCUT2D eigenvalue weighted by Gasteiger charge is 2.25. The topological polar surface area (TPSA) is 76.3 Å². The molecule has 4 rings (SSSR count). The molecule has 0 bridgehead atoms. The Kier molecular flexibility index (Phi) is 6.41. The minimum Gasteiger partial charge on any atom is -0.366 e. The first-order chi connectivity index (χ1) is 15.1. The normalized spacial score (nSPS) is 16.1. The highest BCUT2D eigenvalue weighted by atomic mass is 16.2. The second kappa shape index (κ2) is 9.56. The van der Waals surface area contributed by atoms with Crippen molar-refractivity contribution in [1.82, 2.24) is 9.88 Å². The molecule has 2 N–H and O–H groups in total. The SMILES string of the molecule is NC(=O)c1cccc(-c2cccc([C@@H]3CCCN(C(=O)CCc4ccccc4)C3)n2)c1. The van der Waals surface area contributed by atoms with Crippen molar-refractivity contribution in [1.29, 1.82) is 0 Å². The number of nitrogens with zero attached hydrogens (tertiary/aromatic N) is 2. The Labute approximate surface area is 182 Å². The van der Waals surface area contributed by atoms with Gasteiger partial charge in [-0.1, -0.05) is 48.5 Å². The Balaban J connectivity index is 1.45. The maximum absolute atomic E-state index is 12.8. The van der Waals surface area contributed by atoms with E-state index in [4.69, 9.17) is 10.7 Å². The van der Waals surface area contributed by atoms with E-state index in [1.807, 2.05) is 53.4 Å². The molecule has 1 saturated heterocycles. The summed E-state index contributed by atoms with van der Waals surface area (Å²) in [5.41, 5.74) is 9.74. The molecule has 2 amide bonds. The summed E-state index contributed by atoms with van der Waals surface area (Å²) in [6.07, 6.45) is 3.29. The Morgan fingerprint density at radius 3 is 2.61 bits per heavy atom. The van der Waals surface area contributed by atoms with Crippen molar-refractivity contribution in [3.63, 3.8) is 0 Å². The molecule has 3 aromatic rings. The fraction of sp³-hybridized carbons (Fsp3) is 0.269. The molecule has 5 heteroatoms. The van der Waals surface area contributed by atoms with Crippen LogP contribution in [0, 0.1) is 0 Å². The van der Waals surface area contributed by atoms with Gasteiger partial charge in [0.25, 0.3) is 0 Å². The standard InChI is InChI=1S/C26H27N3O2/c27-26(31)21-10-4-9-20(17-21)23-12-5-13-24(28-23)22-11-6-16-29(18-22)25(30)15-14-19-7-2-1-3-8-19/h1-5,7-10,12-13,17,22H,6,11,14-16,18H2,(H2,27,31)/t22-/m1/s1. The van der Waals surface area contributed by atoms with Crippen molar-refractivity contribution in [3.8, 4) is 11.3 Å². The molecule has 31 heavy (non-hydrogen) atoms. The molecular formula is C26H27N3O2. The predicted octanol–water partition coefficient (Wildman–Crippen LogP) is 4.19. The van der Waals surface area contributed by atoms with Crippen molar-refractivity contribution in [2.24, 2.45) is 5.73 Å². The molecule has 0 spiro atoms. The number of hydrogen-bond acceptors (Lipinski definition) is 3. The highest BCUT2D eigenvalue weighted by Crippen LogP contribution is 2.28. The molecule has 1 aromatic heterocycles. The van der Waals surface area contributed by atoms with Crippen LogP contribution in [-0.4, -0.2) is 34.8 Å². The summed E-state index contributed by atoms with van der Waals surface area (Å²) in [7, 11) is 0. The lowest BCUT2D eigenvalue weighted by Crippen LogP contribution is -2.39. The van der Waals surface area contributed by atoms with Gasteiger partial charge in [0, 0.05) is 42.2 Å². The summed E-state index contributed by atoms with van der Waals surface area (Å²) in [4.78, 5) is 31.2. The van der Waals surface area contributed by atoms with Crippen LogP contribution < -0.4 is 5.73 Å². The first-order valence-electron chi connectivity index (χ1n) is 10.8. The van der Waals surface area contributed by atoms with Gasteiger partial charge in [-0.2, -0.15) is 0 Å². The first kappa shape index (κ1) is 20.8. The number of piperidine rings is 1. The first-order valence-corrected chi connectivity index (χ1v) is 10.8. The lowest BCUT2D eigenvalue weighted by Gasteiger charge is -2.32. The van der Waals surface area contributed by atoms with E-state index in [0.717, 1.165) is 42.8 Å². The fourth-order valence-corrected chi connectivity index (χ4v) is 4.17. The van der Waals surface area contributed by atoms with Gasteiger partial charge in [0.15, 0.2) is 0 Å². The van der Waals surface area contributed by atoms with Crippen LogP contribution in [0.1, 0.15) is 46.8 Å². The molecule has 0 aliphatic carbocycles. The number of carbonyl (C=O) groups excluding carboxylic acids is 2. The van der Waals surface area contributed by atoms with E-state index < -0.39 is 5.91 Å². The maximum Gasteiger partial charge on any atom is 0.248 e. The number of likely N-dealkylation sites (tertiary alicyclic amines) is 1. The summed E-state index contributed by atoms with van der Waals surface area (Å²) in [6, 6.07) is 23.3. The van der Waals surface area contributed by atoms with Crippen LogP contribution >= 0.6 is 0 Å². The minimum absolute atomic E-state index is 0.207. The molecule has 1 aliphatic heterocycles. The molecule has 0 unspecified atom stereocenters. The number of nitrogens with two attached hydrogens (primary N) is 1. The van der Waals surface area contributed by atoms with Crippen LogP contribution in [0.4, 0.5) is 0 Å². The number of hydrogen-bond donors (Lipinski definition) is 1. The monoisotopic (exact) mass is 413 g/mol. The van der Waals surface area contributed by atoms with E-state index in [-0.39, 0.29) is 11.8 Å². The molecule has 158 valence electrons. The van der Waals surface area contributed by atoms with Crippen molar-refractivity contribution in [2.75, 3.05) is 13.1 Å². The van der Waals surface area contributed by atoms with Gasteiger partial charge in [-0.25, -0.2) is 0 Å². The number of rotatable bonds is 6. The minimum atomic E-state index is -0.449. The molecule has 5 nitrogen and oxygen atoms in total. The van der Waals surface area contributed by atoms with Gasteiger partial charge in [-0.15, -0.1) is 0 Å². The molecule has 0 radical (unpaired) electrons. The Hall–Kier alpha value is -3.47. The van der Waals surface area contributed by atoms with Crippen LogP contribution in [0.3, 0.4) is 0 Å². The lowest BCUT2D eigenvalue weighted by molar-refractivity contribution is -0.132. The van der Waals surface area contributed by atoms with Gasteiger partial charge in [0.1, 0.15) is 0 Å². The van der Waals surface area contributed by atoms with E-state index in [1.54, 1.807) is 12.1 Å². The summed E-state index contributed by atoms with van der Waals surface area (Å²) >= 11 is 0. The third-order valence-corrected chi connectivity index (χ3v) is 5.88. The molecule has 0 saturated carbocycles. The number of pyridine rings is 1. The van der Waals surface area contributed by atoms with E-state index >= 15 is 0 Å². The van der Waals surface area contributed by atoms with Gasteiger partial charge in [-0.05, 0) is 49.1 Å². The summed E-state index contributed by atoms with van der Waals surface area (Å²) in [5.74, 6) is -0.0255. The fourth-order valence-electron chi connectivity index (χ4n) is 4.17. The Morgan fingerprint density at radius 1 is 1.00 bits per heavy atom. The van der Waals surface area contributed by atoms with E-state index in [9.17, 15) is 9.59 Å². The zero-order chi connectivity index (χ0) is 21.6. The van der Waals surface area contributed by atoms with Crippen LogP contribution in [-0.2, 0) is 11.2 Å². The lowest BCUT2D eigenvalue weighted by atomic mass is 9.93. The number of amides is 2. The van der Waals surface area contributed by atoms with Gasteiger partial charge < -0.3 is 10.6 Å². The molecule has 1 atom stereocenters. The van der Waals surface area contributed by atoms with E-state index in [1.165, 1.54) is 5.56 Å². The smallest absolute Gasteiger partial charge is 0.248 e. The average molecular weight is 414 g/mol. The summed E-state index contributed by atoms with van der Waals surface area (Å²) in [6.45, 7) is 1.51. The van der Waals surface area contributed by atoms with Gasteiger partial charge >= 0.3 is 0 Å². The summed E-state index contributed by atoms with van der Waals surface area (Å²) < 4.78 is 0. The third-order valence-electron chi connectivity index (χ3n) is 5.88. The van der Waals surface area contributed by atoms with Crippen LogP contribution in [0.15, 0.2) is 72.8 Å².